The molecule has 16 heteroatoms. The zero-order valence-electron chi connectivity index (χ0n) is 16.4. The molecule has 2 heterocycles. The van der Waals surface area contributed by atoms with Crippen molar-refractivity contribution in [3.05, 3.63) is 18.1 Å². The fourth-order valence-electron chi connectivity index (χ4n) is 2.37. The van der Waals surface area contributed by atoms with Crippen molar-refractivity contribution < 1.29 is 39.5 Å². The molecule has 7 nitrogen and oxygen atoms in total. The second-order valence-electron chi connectivity index (χ2n) is 6.39. The van der Waals surface area contributed by atoms with E-state index >= 15 is 0 Å². The Bertz CT molecular complexity index is 870. The summed E-state index contributed by atoms with van der Waals surface area (Å²) in [5.74, 6) is -2.33. The lowest BCUT2D eigenvalue weighted by Gasteiger charge is -2.22. The van der Waals surface area contributed by atoms with Gasteiger partial charge in [-0.15, -0.1) is 0 Å². The molecule has 178 valence electrons. The Balaban J connectivity index is 2.56. The summed E-state index contributed by atoms with van der Waals surface area (Å²) < 4.78 is 117. The summed E-state index contributed by atoms with van der Waals surface area (Å²) in [6, 6.07) is -4.36. The summed E-state index contributed by atoms with van der Waals surface area (Å²) in [6.45, 7) is 2.36. The predicted octanol–water partition coefficient (Wildman–Crippen LogP) is 4.85. The Morgan fingerprint density at radius 1 is 0.719 bits per heavy atom. The van der Waals surface area contributed by atoms with Crippen molar-refractivity contribution in [1.82, 2.24) is 24.9 Å². The van der Waals surface area contributed by atoms with Crippen molar-refractivity contribution in [1.29, 1.82) is 0 Å². The molecule has 0 bridgehead atoms. The number of nitrogens with one attached hydrogen (secondary N) is 2. The summed E-state index contributed by atoms with van der Waals surface area (Å²) in [5, 5.41) is 3.83. The van der Waals surface area contributed by atoms with Gasteiger partial charge in [0.15, 0.2) is 11.5 Å². The Morgan fingerprint density at radius 2 is 1.19 bits per heavy atom. The number of aromatic nitrogens is 5. The van der Waals surface area contributed by atoms with Crippen molar-refractivity contribution in [2.45, 2.75) is 57.3 Å². The summed E-state index contributed by atoms with van der Waals surface area (Å²) in [5.41, 5.74) is -2.09. The smallest absolute Gasteiger partial charge is 0.342 e. The van der Waals surface area contributed by atoms with Crippen LogP contribution in [0.5, 0.6) is 0 Å². The minimum Gasteiger partial charge on any atom is -0.342 e. The molecule has 0 unspecified atom stereocenters. The van der Waals surface area contributed by atoms with Crippen molar-refractivity contribution in [3.63, 3.8) is 0 Å². The SMILES string of the molecule is CC[C@H](Nc1nc(N[C@@H](CC)C(F)(F)F)nc(-c2cncc(C(F)(F)F)n2)n1)C(F)(F)F. The molecule has 0 aliphatic carbocycles. The van der Waals surface area contributed by atoms with E-state index < -0.39 is 72.6 Å². The molecule has 2 N–H and O–H groups in total. The number of halogens is 9. The van der Waals surface area contributed by atoms with E-state index in [2.05, 4.69) is 24.9 Å². The van der Waals surface area contributed by atoms with Gasteiger partial charge in [-0.05, 0) is 12.8 Å². The Labute approximate surface area is 174 Å². The van der Waals surface area contributed by atoms with Crippen LogP contribution >= 0.6 is 0 Å². The first-order valence-corrected chi connectivity index (χ1v) is 8.97. The number of anilines is 2. The van der Waals surface area contributed by atoms with Gasteiger partial charge in [0.05, 0.1) is 12.4 Å². The number of rotatable bonds is 7. The van der Waals surface area contributed by atoms with Crippen molar-refractivity contribution in [2.75, 3.05) is 10.6 Å². The number of nitrogens with zero attached hydrogens (tertiary/aromatic N) is 5. The predicted molar refractivity (Wildman–Crippen MR) is 93.4 cm³/mol. The van der Waals surface area contributed by atoms with Gasteiger partial charge < -0.3 is 10.6 Å². The van der Waals surface area contributed by atoms with E-state index in [9.17, 15) is 39.5 Å². The molecular formula is C16H16F9N7. The van der Waals surface area contributed by atoms with Gasteiger partial charge >= 0.3 is 18.5 Å². The molecule has 0 saturated carbocycles. The average Bonchev–Trinajstić information content (AvgIpc) is 2.67. The first-order valence-electron chi connectivity index (χ1n) is 8.97. The summed E-state index contributed by atoms with van der Waals surface area (Å²) in [4.78, 5) is 17.3. The van der Waals surface area contributed by atoms with E-state index in [1.807, 2.05) is 10.6 Å². The van der Waals surface area contributed by atoms with Crippen LogP contribution in [-0.2, 0) is 6.18 Å². The third-order valence-corrected chi connectivity index (χ3v) is 4.00. The number of hydrogen-bond donors (Lipinski definition) is 2. The quantitative estimate of drug-likeness (QED) is 0.551. The fourth-order valence-corrected chi connectivity index (χ4v) is 2.37. The largest absolute Gasteiger partial charge is 0.434 e. The van der Waals surface area contributed by atoms with Crippen LogP contribution in [0.4, 0.5) is 51.4 Å². The summed E-state index contributed by atoms with van der Waals surface area (Å²) >= 11 is 0. The molecule has 2 aromatic rings. The summed E-state index contributed by atoms with van der Waals surface area (Å²) in [7, 11) is 0. The maximum absolute atomic E-state index is 13.1. The molecule has 0 aliphatic rings. The highest BCUT2D eigenvalue weighted by molar-refractivity contribution is 5.53. The fraction of sp³-hybridized carbons (Fsp3) is 0.562. The van der Waals surface area contributed by atoms with E-state index in [1.54, 1.807) is 0 Å². The van der Waals surface area contributed by atoms with Crippen molar-refractivity contribution in [2.24, 2.45) is 0 Å². The molecule has 0 amide bonds. The highest BCUT2D eigenvalue weighted by atomic mass is 19.4. The van der Waals surface area contributed by atoms with Crippen molar-refractivity contribution in [3.8, 4) is 11.5 Å². The van der Waals surface area contributed by atoms with Crippen LogP contribution < -0.4 is 10.6 Å². The van der Waals surface area contributed by atoms with Crippen LogP contribution in [0.3, 0.4) is 0 Å². The Hall–Kier alpha value is -2.94. The van der Waals surface area contributed by atoms with E-state index in [0.717, 1.165) is 6.20 Å². The van der Waals surface area contributed by atoms with Gasteiger partial charge in [-0.1, -0.05) is 13.8 Å². The molecule has 0 fully saturated rings. The number of hydrogen-bond acceptors (Lipinski definition) is 7. The second-order valence-corrected chi connectivity index (χ2v) is 6.39. The molecule has 2 rings (SSSR count). The number of alkyl halides is 9. The minimum atomic E-state index is -4.91. The molecule has 0 radical (unpaired) electrons. The molecule has 2 atom stereocenters. The lowest BCUT2D eigenvalue weighted by atomic mass is 10.2. The molecule has 0 aromatic carbocycles. The van der Waals surface area contributed by atoms with E-state index in [-0.39, 0.29) is 0 Å². The molecule has 32 heavy (non-hydrogen) atoms. The van der Waals surface area contributed by atoms with Gasteiger partial charge in [-0.2, -0.15) is 54.5 Å². The maximum Gasteiger partial charge on any atom is 0.434 e. The Kier molecular flexibility index (Phi) is 7.34. The highest BCUT2D eigenvalue weighted by Gasteiger charge is 2.40. The lowest BCUT2D eigenvalue weighted by Crippen LogP contribution is -2.37. The Morgan fingerprint density at radius 3 is 1.56 bits per heavy atom. The van der Waals surface area contributed by atoms with Crippen LogP contribution in [0.25, 0.3) is 11.5 Å². The molecule has 0 spiro atoms. The van der Waals surface area contributed by atoms with Crippen LogP contribution in [0.1, 0.15) is 32.4 Å². The highest BCUT2D eigenvalue weighted by Crippen LogP contribution is 2.30. The van der Waals surface area contributed by atoms with E-state index in [0.29, 0.717) is 6.20 Å². The average molecular weight is 477 g/mol. The van der Waals surface area contributed by atoms with Crippen LogP contribution in [0, 0.1) is 0 Å². The summed E-state index contributed by atoms with van der Waals surface area (Å²) in [6.07, 6.45) is -14.2. The monoisotopic (exact) mass is 477 g/mol. The molecule has 0 aliphatic heterocycles. The van der Waals surface area contributed by atoms with Gasteiger partial charge in [-0.25, -0.2) is 4.98 Å². The van der Waals surface area contributed by atoms with Gasteiger partial charge in [0.2, 0.25) is 11.9 Å². The lowest BCUT2D eigenvalue weighted by molar-refractivity contribution is -0.143. The van der Waals surface area contributed by atoms with Crippen molar-refractivity contribution >= 4 is 11.9 Å². The standard InChI is InChI=1S/C16H16F9N7/c1-3-8(14(17,18)19)28-12-30-11(7-5-26-6-10(27-7)16(23,24)25)31-13(32-12)29-9(4-2)15(20,21)22/h5-6,8-9H,3-4H2,1-2H3,(H2,28,29,30,31,32)/t8-,9-/m0/s1. The minimum absolute atomic E-state index is 0.385. The normalized spacial score (nSPS) is 14.7. The van der Waals surface area contributed by atoms with E-state index in [1.165, 1.54) is 13.8 Å². The second kappa shape index (κ2) is 9.28. The molecule has 0 saturated heterocycles. The third-order valence-electron chi connectivity index (χ3n) is 4.00. The zero-order valence-corrected chi connectivity index (χ0v) is 16.4. The maximum atomic E-state index is 13.1. The topological polar surface area (TPSA) is 88.5 Å². The third kappa shape index (κ3) is 6.53. The van der Waals surface area contributed by atoms with Gasteiger partial charge in [0, 0.05) is 0 Å². The van der Waals surface area contributed by atoms with E-state index in [4.69, 9.17) is 0 Å². The van der Waals surface area contributed by atoms with Gasteiger partial charge in [0.1, 0.15) is 17.8 Å². The van der Waals surface area contributed by atoms with Crippen LogP contribution in [0.2, 0.25) is 0 Å². The van der Waals surface area contributed by atoms with Gasteiger partial charge in [-0.3, -0.25) is 4.98 Å². The molecule has 2 aromatic heterocycles. The zero-order chi connectivity index (χ0) is 24.3. The first-order chi connectivity index (χ1) is 14.6. The first kappa shape index (κ1) is 25.3. The van der Waals surface area contributed by atoms with Gasteiger partial charge in [0.25, 0.3) is 0 Å². The van der Waals surface area contributed by atoms with Crippen LogP contribution in [-0.4, -0.2) is 49.4 Å². The van der Waals surface area contributed by atoms with Crippen LogP contribution in [0.15, 0.2) is 12.4 Å². The molecular weight excluding hydrogens is 461 g/mol.